The molecule has 0 saturated carbocycles. The fraction of sp³-hybridized carbons (Fsp3) is 0.400. The quantitative estimate of drug-likeness (QED) is 0.623. The third-order valence-corrected chi connectivity index (χ3v) is 4.40. The first kappa shape index (κ1) is 17.3. The van der Waals surface area contributed by atoms with Crippen LogP contribution in [0.5, 0.6) is 0 Å². The van der Waals surface area contributed by atoms with Crippen molar-refractivity contribution in [3.63, 3.8) is 0 Å². The number of thioether (sulfide) groups is 1. The average Bonchev–Trinajstić information content (AvgIpc) is 2.87. The topological polar surface area (TPSA) is 85.8 Å². The van der Waals surface area contributed by atoms with Crippen molar-refractivity contribution in [2.75, 3.05) is 11.6 Å². The number of aromatic nitrogens is 3. The van der Waals surface area contributed by atoms with Gasteiger partial charge in [-0.15, -0.1) is 10.2 Å². The van der Waals surface area contributed by atoms with E-state index >= 15 is 0 Å². The molecule has 0 spiro atoms. The summed E-state index contributed by atoms with van der Waals surface area (Å²) in [7, 11) is 0. The molecule has 0 atom stereocenters. The molecule has 1 amide bonds. The Hall–Kier alpha value is -2.09. The van der Waals surface area contributed by atoms with Crippen LogP contribution in [0.1, 0.15) is 27.2 Å². The molecule has 0 aliphatic carbocycles. The highest BCUT2D eigenvalue weighted by atomic mass is 32.2. The van der Waals surface area contributed by atoms with Gasteiger partial charge < -0.3 is 11.2 Å². The van der Waals surface area contributed by atoms with Crippen LogP contribution in [0.15, 0.2) is 29.4 Å². The van der Waals surface area contributed by atoms with Crippen LogP contribution >= 0.6 is 11.8 Å². The molecule has 0 saturated heterocycles. The van der Waals surface area contributed by atoms with Crippen LogP contribution in [-0.2, 0) is 4.79 Å². The lowest BCUT2D eigenvalue weighted by atomic mass is 10.0. The highest BCUT2D eigenvalue weighted by Crippen LogP contribution is 2.21. The molecule has 0 bridgehead atoms. The van der Waals surface area contributed by atoms with Crippen molar-refractivity contribution in [3.05, 3.63) is 30.1 Å². The van der Waals surface area contributed by atoms with Crippen molar-refractivity contribution in [3.8, 4) is 11.4 Å². The number of benzene rings is 1. The monoisotopic (exact) mass is 337 g/mol. The van der Waals surface area contributed by atoms with Crippen molar-refractivity contribution in [1.29, 1.82) is 0 Å². The van der Waals surface area contributed by atoms with E-state index in [9.17, 15) is 9.18 Å². The summed E-state index contributed by atoms with van der Waals surface area (Å²) in [5.74, 6) is 6.15. The Balaban J connectivity index is 2.03. The number of nitrogens with two attached hydrogens (primary N) is 1. The first-order valence-corrected chi connectivity index (χ1v) is 8.21. The van der Waals surface area contributed by atoms with E-state index in [1.807, 2.05) is 20.8 Å². The van der Waals surface area contributed by atoms with E-state index in [1.54, 1.807) is 12.1 Å². The highest BCUT2D eigenvalue weighted by Gasteiger charge is 2.19. The van der Waals surface area contributed by atoms with Gasteiger partial charge in [-0.2, -0.15) is 0 Å². The molecular weight excluding hydrogens is 317 g/mol. The number of nitrogens with zero attached hydrogens (tertiary/aromatic N) is 3. The number of carbonyl (C=O) groups is 1. The standard InChI is InChI=1S/C15H20FN5OS/c1-4-15(2,3)18-12(22)9-23-14-20-19-13(21(14)17)10-5-7-11(16)8-6-10/h5-8H,4,9,17H2,1-3H3,(H,18,22). The Morgan fingerprint density at radius 2 is 2.00 bits per heavy atom. The highest BCUT2D eigenvalue weighted by molar-refractivity contribution is 7.99. The van der Waals surface area contributed by atoms with Crippen LogP contribution in [0.25, 0.3) is 11.4 Å². The molecule has 0 radical (unpaired) electrons. The summed E-state index contributed by atoms with van der Waals surface area (Å²) in [5.41, 5.74) is 0.414. The molecule has 0 aliphatic rings. The molecule has 1 heterocycles. The second-order valence-corrected chi connectivity index (χ2v) is 6.70. The predicted octanol–water partition coefficient (Wildman–Crippen LogP) is 2.19. The number of amides is 1. The number of nitrogen functional groups attached to an aromatic ring is 1. The molecule has 0 aliphatic heterocycles. The molecule has 0 unspecified atom stereocenters. The van der Waals surface area contributed by atoms with E-state index < -0.39 is 0 Å². The minimum absolute atomic E-state index is 0.0896. The number of rotatable bonds is 6. The molecule has 2 aromatic rings. The van der Waals surface area contributed by atoms with Gasteiger partial charge in [0, 0.05) is 11.1 Å². The normalized spacial score (nSPS) is 11.5. The lowest BCUT2D eigenvalue weighted by Crippen LogP contribution is -2.43. The first-order valence-electron chi connectivity index (χ1n) is 7.22. The number of hydrogen-bond acceptors (Lipinski definition) is 5. The van der Waals surface area contributed by atoms with Crippen molar-refractivity contribution >= 4 is 17.7 Å². The lowest BCUT2D eigenvalue weighted by molar-refractivity contribution is -0.120. The molecule has 3 N–H and O–H groups in total. The summed E-state index contributed by atoms with van der Waals surface area (Å²) < 4.78 is 14.3. The van der Waals surface area contributed by atoms with Gasteiger partial charge in [0.25, 0.3) is 0 Å². The number of halogens is 1. The van der Waals surface area contributed by atoms with Crippen molar-refractivity contribution < 1.29 is 9.18 Å². The minimum Gasteiger partial charge on any atom is -0.351 e. The zero-order valence-corrected chi connectivity index (χ0v) is 14.2. The van der Waals surface area contributed by atoms with E-state index in [0.29, 0.717) is 16.5 Å². The number of carbonyl (C=O) groups excluding carboxylic acids is 1. The summed E-state index contributed by atoms with van der Waals surface area (Å²) in [6.45, 7) is 5.94. The van der Waals surface area contributed by atoms with Crippen molar-refractivity contribution in [2.45, 2.75) is 37.9 Å². The van der Waals surface area contributed by atoms with Gasteiger partial charge in [-0.1, -0.05) is 18.7 Å². The lowest BCUT2D eigenvalue weighted by Gasteiger charge is -2.24. The Kier molecular flexibility index (Phi) is 5.25. The number of nitrogens with one attached hydrogen (secondary N) is 1. The molecule has 1 aromatic heterocycles. The van der Waals surface area contributed by atoms with Crippen LogP contribution in [0.2, 0.25) is 0 Å². The Morgan fingerprint density at radius 1 is 1.35 bits per heavy atom. The maximum atomic E-state index is 13.0. The fourth-order valence-corrected chi connectivity index (χ4v) is 2.46. The van der Waals surface area contributed by atoms with Gasteiger partial charge in [0.05, 0.1) is 5.75 Å². The molecule has 124 valence electrons. The van der Waals surface area contributed by atoms with Gasteiger partial charge in [0.15, 0.2) is 5.82 Å². The van der Waals surface area contributed by atoms with Crippen LogP contribution in [0.4, 0.5) is 4.39 Å². The Morgan fingerprint density at radius 3 is 2.61 bits per heavy atom. The predicted molar refractivity (Wildman–Crippen MR) is 88.8 cm³/mol. The summed E-state index contributed by atoms with van der Waals surface area (Å²) in [4.78, 5) is 11.9. The third kappa shape index (κ3) is 4.44. The maximum Gasteiger partial charge on any atom is 0.230 e. The van der Waals surface area contributed by atoms with E-state index in [4.69, 9.17) is 5.84 Å². The molecular formula is C15H20FN5OS. The summed E-state index contributed by atoms with van der Waals surface area (Å²) in [5, 5.41) is 11.3. The summed E-state index contributed by atoms with van der Waals surface area (Å²) in [6.07, 6.45) is 0.838. The van der Waals surface area contributed by atoms with Crippen LogP contribution in [-0.4, -0.2) is 32.1 Å². The average molecular weight is 337 g/mol. The van der Waals surface area contributed by atoms with Gasteiger partial charge in [-0.3, -0.25) is 4.79 Å². The van der Waals surface area contributed by atoms with E-state index in [1.165, 1.54) is 28.6 Å². The van der Waals surface area contributed by atoms with Gasteiger partial charge in [0.1, 0.15) is 5.82 Å². The smallest absolute Gasteiger partial charge is 0.230 e. The van der Waals surface area contributed by atoms with Crippen molar-refractivity contribution in [1.82, 2.24) is 20.2 Å². The molecule has 8 heteroatoms. The SMILES string of the molecule is CCC(C)(C)NC(=O)CSc1nnc(-c2ccc(F)cc2)n1N. The van der Waals surface area contributed by atoms with Gasteiger partial charge >= 0.3 is 0 Å². The van der Waals surface area contributed by atoms with Crippen molar-refractivity contribution in [2.24, 2.45) is 0 Å². The van der Waals surface area contributed by atoms with Gasteiger partial charge in [-0.25, -0.2) is 9.07 Å². The minimum atomic E-state index is -0.332. The zero-order valence-electron chi connectivity index (χ0n) is 13.3. The maximum absolute atomic E-state index is 13.0. The van der Waals surface area contributed by atoms with Gasteiger partial charge in [-0.05, 0) is 44.5 Å². The molecule has 6 nitrogen and oxygen atoms in total. The fourth-order valence-electron chi connectivity index (χ4n) is 1.80. The first-order chi connectivity index (χ1) is 10.8. The van der Waals surface area contributed by atoms with Crippen LogP contribution < -0.4 is 11.2 Å². The molecule has 0 fully saturated rings. The van der Waals surface area contributed by atoms with Gasteiger partial charge in [0.2, 0.25) is 11.1 Å². The third-order valence-electron chi connectivity index (χ3n) is 3.46. The summed E-state index contributed by atoms with van der Waals surface area (Å²) in [6, 6.07) is 5.81. The van der Waals surface area contributed by atoms with Crippen LogP contribution in [0.3, 0.4) is 0 Å². The van der Waals surface area contributed by atoms with E-state index in [2.05, 4.69) is 15.5 Å². The van der Waals surface area contributed by atoms with E-state index in [0.717, 1.165) is 6.42 Å². The number of hydrogen-bond donors (Lipinski definition) is 2. The Bertz CT molecular complexity index is 684. The van der Waals surface area contributed by atoms with Crippen LogP contribution in [0, 0.1) is 5.82 Å². The second-order valence-electron chi connectivity index (χ2n) is 5.76. The molecule has 1 aromatic carbocycles. The zero-order chi connectivity index (χ0) is 17.0. The Labute approximate surface area is 138 Å². The largest absolute Gasteiger partial charge is 0.351 e. The second kappa shape index (κ2) is 6.99. The molecule has 2 rings (SSSR count). The van der Waals surface area contributed by atoms with E-state index in [-0.39, 0.29) is 23.0 Å². The summed E-state index contributed by atoms with van der Waals surface area (Å²) >= 11 is 1.20. The molecule has 23 heavy (non-hydrogen) atoms.